The van der Waals surface area contributed by atoms with E-state index in [4.69, 9.17) is 5.73 Å². The Kier molecular flexibility index (Phi) is 3.85. The number of hydrogen-bond donors (Lipinski definition) is 2. The number of carbonyl (C=O) groups excluding carboxylic acids is 2. The van der Waals surface area contributed by atoms with Gasteiger partial charge >= 0.3 is 0 Å². The first-order valence-corrected chi connectivity index (χ1v) is 4.68. The van der Waals surface area contributed by atoms with Crippen LogP contribution in [-0.2, 0) is 16.0 Å². The number of carbonyl (C=O) groups is 2. The van der Waals surface area contributed by atoms with Crippen LogP contribution in [0, 0.1) is 0 Å². The van der Waals surface area contributed by atoms with Gasteiger partial charge in [0.25, 0.3) is 0 Å². The van der Waals surface area contributed by atoms with Crippen LogP contribution in [0.3, 0.4) is 0 Å². The van der Waals surface area contributed by atoms with Gasteiger partial charge in [-0.25, -0.2) is 0 Å². The number of nitrogens with two attached hydrogens (primary N) is 1. The Labute approximate surface area is 88.5 Å². The number of benzene rings is 1. The van der Waals surface area contributed by atoms with Gasteiger partial charge in [-0.2, -0.15) is 0 Å². The second kappa shape index (κ2) is 5.14. The highest BCUT2D eigenvalue weighted by atomic mass is 16.2. The molecule has 4 nitrogen and oxygen atoms in total. The molecule has 80 valence electrons. The van der Waals surface area contributed by atoms with Gasteiger partial charge in [0.05, 0.1) is 13.0 Å². The summed E-state index contributed by atoms with van der Waals surface area (Å²) in [6.07, 6.45) is 0.271. The zero-order valence-electron chi connectivity index (χ0n) is 8.62. The van der Waals surface area contributed by atoms with E-state index in [1.54, 1.807) is 24.3 Å². The lowest BCUT2D eigenvalue weighted by molar-refractivity contribution is -0.124. The van der Waals surface area contributed by atoms with E-state index in [2.05, 4.69) is 5.32 Å². The van der Waals surface area contributed by atoms with Crippen molar-refractivity contribution in [3.05, 3.63) is 29.8 Å². The minimum atomic E-state index is -0.157. The fourth-order valence-corrected chi connectivity index (χ4v) is 1.11. The molecule has 1 rings (SSSR count). The van der Waals surface area contributed by atoms with Crippen molar-refractivity contribution >= 4 is 17.4 Å². The van der Waals surface area contributed by atoms with E-state index in [1.807, 2.05) is 0 Å². The van der Waals surface area contributed by atoms with Crippen LogP contribution >= 0.6 is 0 Å². The molecule has 0 fully saturated rings. The normalized spacial score (nSPS) is 9.67. The van der Waals surface area contributed by atoms with Crippen molar-refractivity contribution in [1.82, 2.24) is 5.32 Å². The average Bonchev–Trinajstić information content (AvgIpc) is 2.19. The summed E-state index contributed by atoms with van der Waals surface area (Å²) >= 11 is 0. The quantitative estimate of drug-likeness (QED) is 0.705. The maximum absolute atomic E-state index is 11.3. The Morgan fingerprint density at radius 1 is 1.27 bits per heavy atom. The summed E-state index contributed by atoms with van der Waals surface area (Å²) in [6, 6.07) is 7.08. The van der Waals surface area contributed by atoms with Crippen LogP contribution in [0.2, 0.25) is 0 Å². The van der Waals surface area contributed by atoms with Gasteiger partial charge < -0.3 is 11.1 Å². The molecule has 0 heterocycles. The van der Waals surface area contributed by atoms with Crippen LogP contribution in [-0.4, -0.2) is 18.2 Å². The summed E-state index contributed by atoms with van der Waals surface area (Å²) in [5.41, 5.74) is 7.06. The maximum atomic E-state index is 11.3. The SMILES string of the molecule is CC(=O)CNC(=O)Cc1ccc(N)cc1. The van der Waals surface area contributed by atoms with Crippen molar-refractivity contribution in [3.8, 4) is 0 Å². The summed E-state index contributed by atoms with van der Waals surface area (Å²) in [5, 5.41) is 2.53. The van der Waals surface area contributed by atoms with Crippen LogP contribution < -0.4 is 11.1 Å². The zero-order valence-corrected chi connectivity index (χ0v) is 8.62. The van der Waals surface area contributed by atoms with Gasteiger partial charge in [0.2, 0.25) is 5.91 Å². The molecule has 1 aromatic carbocycles. The lowest BCUT2D eigenvalue weighted by Crippen LogP contribution is -2.29. The Bertz CT molecular complexity index is 357. The van der Waals surface area contributed by atoms with Crippen LogP contribution in [0.15, 0.2) is 24.3 Å². The first-order valence-electron chi connectivity index (χ1n) is 4.68. The van der Waals surface area contributed by atoms with Gasteiger partial charge in [-0.05, 0) is 24.6 Å². The van der Waals surface area contributed by atoms with Crippen LogP contribution in [0.25, 0.3) is 0 Å². The molecule has 0 bridgehead atoms. The third kappa shape index (κ3) is 4.26. The molecule has 3 N–H and O–H groups in total. The second-order valence-corrected chi connectivity index (χ2v) is 3.40. The molecule has 0 saturated carbocycles. The molecule has 0 radical (unpaired) electrons. The largest absolute Gasteiger partial charge is 0.399 e. The maximum Gasteiger partial charge on any atom is 0.224 e. The molecule has 0 aliphatic rings. The molecule has 15 heavy (non-hydrogen) atoms. The van der Waals surface area contributed by atoms with Crippen LogP contribution in [0.5, 0.6) is 0 Å². The number of Topliss-reactive ketones (excluding diaryl/α,β-unsaturated/α-hetero) is 1. The van der Waals surface area contributed by atoms with Crippen molar-refractivity contribution in [2.75, 3.05) is 12.3 Å². The van der Waals surface area contributed by atoms with E-state index in [1.165, 1.54) is 6.92 Å². The van der Waals surface area contributed by atoms with Gasteiger partial charge in [-0.3, -0.25) is 9.59 Å². The number of hydrogen-bond acceptors (Lipinski definition) is 3. The molecule has 0 aliphatic carbocycles. The van der Waals surface area contributed by atoms with Crippen molar-refractivity contribution in [2.45, 2.75) is 13.3 Å². The molecule has 4 heteroatoms. The number of nitrogen functional groups attached to an aromatic ring is 1. The zero-order chi connectivity index (χ0) is 11.3. The smallest absolute Gasteiger partial charge is 0.224 e. The number of rotatable bonds is 4. The van der Waals surface area contributed by atoms with Crippen molar-refractivity contribution < 1.29 is 9.59 Å². The Morgan fingerprint density at radius 3 is 2.40 bits per heavy atom. The monoisotopic (exact) mass is 206 g/mol. The van der Waals surface area contributed by atoms with Gasteiger partial charge in [0.1, 0.15) is 5.78 Å². The summed E-state index contributed by atoms with van der Waals surface area (Å²) in [4.78, 5) is 21.9. The molecule has 0 aromatic heterocycles. The number of anilines is 1. The predicted molar refractivity (Wildman–Crippen MR) is 58.2 cm³/mol. The Hall–Kier alpha value is -1.84. The standard InChI is InChI=1S/C11H14N2O2/c1-8(14)7-13-11(15)6-9-2-4-10(12)5-3-9/h2-5H,6-7,12H2,1H3,(H,13,15). The first kappa shape index (κ1) is 11.2. The third-order valence-corrected chi connectivity index (χ3v) is 1.88. The van der Waals surface area contributed by atoms with Gasteiger partial charge in [-0.15, -0.1) is 0 Å². The minimum Gasteiger partial charge on any atom is -0.399 e. The summed E-state index contributed by atoms with van der Waals surface area (Å²) in [7, 11) is 0. The average molecular weight is 206 g/mol. The highest BCUT2D eigenvalue weighted by Crippen LogP contribution is 2.05. The lowest BCUT2D eigenvalue weighted by atomic mass is 10.1. The van der Waals surface area contributed by atoms with Crippen LogP contribution in [0.1, 0.15) is 12.5 Å². The second-order valence-electron chi connectivity index (χ2n) is 3.40. The molecular weight excluding hydrogens is 192 g/mol. The van der Waals surface area contributed by atoms with Gasteiger partial charge in [-0.1, -0.05) is 12.1 Å². The lowest BCUT2D eigenvalue weighted by Gasteiger charge is -2.03. The molecule has 0 saturated heterocycles. The number of amides is 1. The topological polar surface area (TPSA) is 72.2 Å². The Balaban J connectivity index is 2.44. The fourth-order valence-electron chi connectivity index (χ4n) is 1.11. The van der Waals surface area contributed by atoms with Crippen molar-refractivity contribution in [3.63, 3.8) is 0 Å². The molecule has 0 spiro atoms. The van der Waals surface area contributed by atoms with E-state index in [-0.39, 0.29) is 24.7 Å². The Morgan fingerprint density at radius 2 is 1.87 bits per heavy atom. The molecule has 1 aromatic rings. The summed E-state index contributed by atoms with van der Waals surface area (Å²) in [6.45, 7) is 1.53. The van der Waals surface area contributed by atoms with E-state index in [9.17, 15) is 9.59 Å². The number of ketones is 1. The highest BCUT2D eigenvalue weighted by molar-refractivity contribution is 5.85. The van der Waals surface area contributed by atoms with Crippen molar-refractivity contribution in [1.29, 1.82) is 0 Å². The number of nitrogens with one attached hydrogen (secondary N) is 1. The van der Waals surface area contributed by atoms with Gasteiger partial charge in [0, 0.05) is 5.69 Å². The first-order chi connectivity index (χ1) is 7.08. The third-order valence-electron chi connectivity index (χ3n) is 1.88. The molecule has 0 aliphatic heterocycles. The predicted octanol–water partition coefficient (Wildman–Crippen LogP) is 0.516. The highest BCUT2D eigenvalue weighted by Gasteiger charge is 2.03. The fraction of sp³-hybridized carbons (Fsp3) is 0.273. The van der Waals surface area contributed by atoms with E-state index >= 15 is 0 Å². The molecular formula is C11H14N2O2. The molecule has 0 atom stereocenters. The van der Waals surface area contributed by atoms with Gasteiger partial charge in [0.15, 0.2) is 0 Å². The van der Waals surface area contributed by atoms with Crippen LogP contribution in [0.4, 0.5) is 5.69 Å². The van der Waals surface area contributed by atoms with E-state index < -0.39 is 0 Å². The van der Waals surface area contributed by atoms with Crippen molar-refractivity contribution in [2.24, 2.45) is 0 Å². The molecule has 0 unspecified atom stereocenters. The summed E-state index contributed by atoms with van der Waals surface area (Å²) in [5.74, 6) is -0.212. The summed E-state index contributed by atoms with van der Waals surface area (Å²) < 4.78 is 0. The minimum absolute atomic E-state index is 0.0549. The van der Waals surface area contributed by atoms with E-state index in [0.717, 1.165) is 5.56 Å². The molecule has 1 amide bonds. The van der Waals surface area contributed by atoms with E-state index in [0.29, 0.717) is 5.69 Å².